The van der Waals surface area contributed by atoms with Gasteiger partial charge in [-0.25, -0.2) is 4.98 Å². The molecule has 4 heteroatoms. The molecule has 3 N–H and O–H groups in total. The van der Waals surface area contributed by atoms with Gasteiger partial charge in [-0.15, -0.1) is 11.3 Å². The molecule has 2 unspecified atom stereocenters. The molecule has 1 aromatic heterocycles. The van der Waals surface area contributed by atoms with Gasteiger partial charge in [0.1, 0.15) is 5.01 Å². The molecule has 2 atom stereocenters. The van der Waals surface area contributed by atoms with Crippen LogP contribution in [0.3, 0.4) is 0 Å². The Labute approximate surface area is 125 Å². The standard InChI is InChI=1S/C16H23N3S/c1-11(14-4-6-15(17)7-5-14)8-9-18-13(3)16-19-12(2)10-20-16/h4-7,10-11,13,18H,8-9,17H2,1-3H3. The van der Waals surface area contributed by atoms with Crippen molar-refractivity contribution in [3.05, 3.63) is 45.9 Å². The maximum Gasteiger partial charge on any atom is 0.110 e. The largest absolute Gasteiger partial charge is 0.399 e. The molecule has 0 radical (unpaired) electrons. The van der Waals surface area contributed by atoms with Gasteiger partial charge in [-0.05, 0) is 50.4 Å². The minimum Gasteiger partial charge on any atom is -0.399 e. The van der Waals surface area contributed by atoms with Crippen molar-refractivity contribution in [1.82, 2.24) is 10.3 Å². The predicted octanol–water partition coefficient (Wildman–Crippen LogP) is 3.88. The molecule has 0 aliphatic heterocycles. The zero-order valence-electron chi connectivity index (χ0n) is 12.4. The highest BCUT2D eigenvalue weighted by molar-refractivity contribution is 7.09. The Balaban J connectivity index is 1.79. The van der Waals surface area contributed by atoms with Crippen LogP contribution in [-0.4, -0.2) is 11.5 Å². The van der Waals surface area contributed by atoms with Crippen LogP contribution in [0, 0.1) is 6.92 Å². The molecule has 1 heterocycles. The number of thiazole rings is 1. The van der Waals surface area contributed by atoms with E-state index in [0.29, 0.717) is 12.0 Å². The van der Waals surface area contributed by atoms with Crippen molar-refractivity contribution in [3.63, 3.8) is 0 Å². The van der Waals surface area contributed by atoms with Gasteiger partial charge >= 0.3 is 0 Å². The fourth-order valence-corrected chi connectivity index (χ4v) is 2.99. The van der Waals surface area contributed by atoms with Gasteiger partial charge in [0, 0.05) is 16.8 Å². The number of nitrogen functional groups attached to an aromatic ring is 1. The molecule has 2 aromatic rings. The van der Waals surface area contributed by atoms with Crippen molar-refractivity contribution in [1.29, 1.82) is 0 Å². The molecule has 20 heavy (non-hydrogen) atoms. The first-order valence-electron chi connectivity index (χ1n) is 7.07. The Morgan fingerprint density at radius 3 is 2.55 bits per heavy atom. The summed E-state index contributed by atoms with van der Waals surface area (Å²) in [5.41, 5.74) is 8.99. The number of aryl methyl sites for hydroxylation is 1. The third-order valence-corrected chi connectivity index (χ3v) is 4.69. The quantitative estimate of drug-likeness (QED) is 0.794. The Hall–Kier alpha value is -1.39. The highest BCUT2D eigenvalue weighted by Crippen LogP contribution is 2.21. The highest BCUT2D eigenvalue weighted by atomic mass is 32.1. The number of hydrogen-bond donors (Lipinski definition) is 2. The fourth-order valence-electron chi connectivity index (χ4n) is 2.17. The molecule has 0 spiro atoms. The molecule has 1 aromatic carbocycles. The number of anilines is 1. The summed E-state index contributed by atoms with van der Waals surface area (Å²) >= 11 is 1.73. The average molecular weight is 289 g/mol. The molecule has 2 rings (SSSR count). The van der Waals surface area contributed by atoms with E-state index in [1.807, 2.05) is 19.1 Å². The van der Waals surface area contributed by atoms with Crippen molar-refractivity contribution in [2.45, 2.75) is 39.2 Å². The maximum absolute atomic E-state index is 5.71. The highest BCUT2D eigenvalue weighted by Gasteiger charge is 2.10. The van der Waals surface area contributed by atoms with E-state index in [2.05, 4.69) is 41.7 Å². The van der Waals surface area contributed by atoms with Crippen LogP contribution >= 0.6 is 11.3 Å². The number of nitrogens with one attached hydrogen (secondary N) is 1. The number of aromatic nitrogens is 1. The first-order valence-corrected chi connectivity index (χ1v) is 7.95. The zero-order valence-corrected chi connectivity index (χ0v) is 13.2. The number of nitrogens with two attached hydrogens (primary N) is 1. The van der Waals surface area contributed by atoms with E-state index < -0.39 is 0 Å². The second kappa shape index (κ2) is 6.86. The Kier molecular flexibility index (Phi) is 5.15. The van der Waals surface area contributed by atoms with Crippen molar-refractivity contribution in [2.75, 3.05) is 12.3 Å². The summed E-state index contributed by atoms with van der Waals surface area (Å²) in [6, 6.07) is 8.51. The second-order valence-corrected chi connectivity index (χ2v) is 6.25. The van der Waals surface area contributed by atoms with Gasteiger partial charge in [-0.3, -0.25) is 0 Å². The van der Waals surface area contributed by atoms with E-state index >= 15 is 0 Å². The van der Waals surface area contributed by atoms with Crippen molar-refractivity contribution in [3.8, 4) is 0 Å². The van der Waals surface area contributed by atoms with Crippen LogP contribution in [0.1, 0.15) is 48.5 Å². The van der Waals surface area contributed by atoms with E-state index in [1.165, 1.54) is 10.6 Å². The fraction of sp³-hybridized carbons (Fsp3) is 0.438. The van der Waals surface area contributed by atoms with E-state index in [4.69, 9.17) is 5.73 Å². The molecule has 0 aliphatic carbocycles. The third kappa shape index (κ3) is 4.05. The topological polar surface area (TPSA) is 50.9 Å². The van der Waals surface area contributed by atoms with Gasteiger partial charge in [0.15, 0.2) is 0 Å². The molecule has 0 saturated carbocycles. The summed E-state index contributed by atoms with van der Waals surface area (Å²) in [4.78, 5) is 4.52. The lowest BCUT2D eigenvalue weighted by atomic mass is 9.97. The molecule has 0 fully saturated rings. The summed E-state index contributed by atoms with van der Waals surface area (Å²) in [6.45, 7) is 7.46. The van der Waals surface area contributed by atoms with Gasteiger partial charge in [0.2, 0.25) is 0 Å². The summed E-state index contributed by atoms with van der Waals surface area (Å²) < 4.78 is 0. The van der Waals surface area contributed by atoms with Crippen molar-refractivity contribution in [2.24, 2.45) is 0 Å². The summed E-state index contributed by atoms with van der Waals surface area (Å²) in [5.74, 6) is 0.535. The zero-order chi connectivity index (χ0) is 14.5. The molecular formula is C16H23N3S. The molecular weight excluding hydrogens is 266 g/mol. The first-order chi connectivity index (χ1) is 9.56. The summed E-state index contributed by atoms with van der Waals surface area (Å²) in [7, 11) is 0. The van der Waals surface area contributed by atoms with Crippen LogP contribution in [0.25, 0.3) is 0 Å². The predicted molar refractivity (Wildman–Crippen MR) is 87.2 cm³/mol. The minimum absolute atomic E-state index is 0.326. The normalized spacial score (nSPS) is 14.2. The van der Waals surface area contributed by atoms with E-state index in [0.717, 1.165) is 24.3 Å². The van der Waals surface area contributed by atoms with Crippen LogP contribution in [0.15, 0.2) is 29.6 Å². The van der Waals surface area contributed by atoms with E-state index in [-0.39, 0.29) is 0 Å². The monoisotopic (exact) mass is 289 g/mol. The molecule has 0 saturated heterocycles. The molecule has 0 aliphatic rings. The van der Waals surface area contributed by atoms with Crippen molar-refractivity contribution >= 4 is 17.0 Å². The average Bonchev–Trinajstić information content (AvgIpc) is 2.86. The number of hydrogen-bond acceptors (Lipinski definition) is 4. The second-order valence-electron chi connectivity index (χ2n) is 5.36. The van der Waals surface area contributed by atoms with Gasteiger partial charge < -0.3 is 11.1 Å². The van der Waals surface area contributed by atoms with Crippen LogP contribution in [0.2, 0.25) is 0 Å². The number of benzene rings is 1. The van der Waals surface area contributed by atoms with Gasteiger partial charge in [-0.2, -0.15) is 0 Å². The van der Waals surface area contributed by atoms with E-state index in [1.54, 1.807) is 11.3 Å². The van der Waals surface area contributed by atoms with Gasteiger partial charge in [-0.1, -0.05) is 19.1 Å². The van der Waals surface area contributed by atoms with E-state index in [9.17, 15) is 0 Å². The van der Waals surface area contributed by atoms with Crippen LogP contribution in [0.5, 0.6) is 0 Å². The van der Waals surface area contributed by atoms with Gasteiger partial charge in [0.25, 0.3) is 0 Å². The number of rotatable bonds is 6. The lowest BCUT2D eigenvalue weighted by Crippen LogP contribution is -2.21. The molecule has 0 amide bonds. The summed E-state index contributed by atoms with van der Waals surface area (Å²) in [6.07, 6.45) is 1.11. The Bertz CT molecular complexity index is 533. The third-order valence-electron chi connectivity index (χ3n) is 3.54. The minimum atomic E-state index is 0.326. The Morgan fingerprint density at radius 1 is 1.25 bits per heavy atom. The summed E-state index contributed by atoms with van der Waals surface area (Å²) in [5, 5.41) is 6.82. The molecule has 108 valence electrons. The number of nitrogens with zero attached hydrogens (tertiary/aromatic N) is 1. The molecule has 0 bridgehead atoms. The Morgan fingerprint density at radius 2 is 1.95 bits per heavy atom. The van der Waals surface area contributed by atoms with Crippen LogP contribution in [0.4, 0.5) is 5.69 Å². The van der Waals surface area contributed by atoms with Crippen molar-refractivity contribution < 1.29 is 0 Å². The molecule has 3 nitrogen and oxygen atoms in total. The maximum atomic E-state index is 5.71. The van der Waals surface area contributed by atoms with Crippen LogP contribution in [-0.2, 0) is 0 Å². The smallest absolute Gasteiger partial charge is 0.110 e. The lowest BCUT2D eigenvalue weighted by molar-refractivity contribution is 0.529. The SMILES string of the molecule is Cc1csc(C(C)NCCC(C)c2ccc(N)cc2)n1. The van der Waals surface area contributed by atoms with Gasteiger partial charge in [0.05, 0.1) is 6.04 Å². The van der Waals surface area contributed by atoms with Crippen LogP contribution < -0.4 is 11.1 Å². The first kappa shape index (κ1) is 15.0. The lowest BCUT2D eigenvalue weighted by Gasteiger charge is -2.15.